The lowest BCUT2D eigenvalue weighted by Crippen LogP contribution is -2.16. The fourth-order valence-electron chi connectivity index (χ4n) is 1.30. The van der Waals surface area contributed by atoms with Gasteiger partial charge in [-0.2, -0.15) is 5.10 Å². The number of amides is 1. The Hall–Kier alpha value is -2.77. The predicted octanol–water partition coefficient (Wildman–Crippen LogP) is 0.274. The van der Waals surface area contributed by atoms with Crippen molar-refractivity contribution in [1.29, 1.82) is 0 Å². The summed E-state index contributed by atoms with van der Waals surface area (Å²) in [5, 5.41) is 14.4. The highest BCUT2D eigenvalue weighted by molar-refractivity contribution is 5.96. The lowest BCUT2D eigenvalue weighted by Gasteiger charge is -2.04. The zero-order valence-electron chi connectivity index (χ0n) is 8.48. The van der Waals surface area contributed by atoms with Crippen LogP contribution in [-0.4, -0.2) is 25.6 Å². The van der Waals surface area contributed by atoms with E-state index in [1.54, 1.807) is 12.3 Å². The monoisotopic (exact) mass is 233 g/mol. The van der Waals surface area contributed by atoms with Crippen molar-refractivity contribution in [2.24, 2.45) is 5.73 Å². The van der Waals surface area contributed by atoms with E-state index in [1.807, 2.05) is 0 Å². The molecule has 0 bridgehead atoms. The minimum absolute atomic E-state index is 0.0529. The van der Waals surface area contributed by atoms with Crippen molar-refractivity contribution in [2.45, 2.75) is 0 Å². The first-order valence-corrected chi connectivity index (χ1v) is 4.54. The van der Waals surface area contributed by atoms with Crippen LogP contribution in [0, 0.1) is 10.1 Å². The molecule has 0 aliphatic rings. The number of carbonyl (C=O) groups is 1. The summed E-state index contributed by atoms with van der Waals surface area (Å²) in [7, 11) is 0. The van der Waals surface area contributed by atoms with Crippen LogP contribution in [0.5, 0.6) is 0 Å². The molecule has 2 rings (SSSR count). The first-order chi connectivity index (χ1) is 8.09. The van der Waals surface area contributed by atoms with Crippen LogP contribution in [0.4, 0.5) is 5.69 Å². The van der Waals surface area contributed by atoms with E-state index in [9.17, 15) is 14.9 Å². The molecule has 2 aromatic rings. The molecule has 0 aliphatic heterocycles. The summed E-state index contributed by atoms with van der Waals surface area (Å²) in [6.45, 7) is 0. The van der Waals surface area contributed by atoms with Gasteiger partial charge in [0.25, 0.3) is 11.6 Å². The first kappa shape index (κ1) is 10.7. The Morgan fingerprint density at radius 2 is 2.29 bits per heavy atom. The van der Waals surface area contributed by atoms with Gasteiger partial charge in [-0.3, -0.25) is 14.9 Å². The molecule has 0 unspecified atom stereocenters. The van der Waals surface area contributed by atoms with Crippen molar-refractivity contribution in [2.75, 3.05) is 0 Å². The summed E-state index contributed by atoms with van der Waals surface area (Å²) in [5.74, 6) is -0.639. The Morgan fingerprint density at radius 3 is 2.82 bits per heavy atom. The third kappa shape index (κ3) is 1.95. The quantitative estimate of drug-likeness (QED) is 0.603. The summed E-state index contributed by atoms with van der Waals surface area (Å²) in [5.41, 5.74) is 4.80. The van der Waals surface area contributed by atoms with Gasteiger partial charge in [0.05, 0.1) is 10.5 Å². The van der Waals surface area contributed by atoms with Crippen molar-refractivity contribution in [3.05, 3.63) is 46.4 Å². The van der Waals surface area contributed by atoms with Gasteiger partial charge in [-0.1, -0.05) is 0 Å². The number of rotatable bonds is 3. The standard InChI is InChI=1S/C9H7N5O3/c10-8(15)7-4-6(14(16)17)5-11-9(7)13-3-1-2-12-13/h1-5H,(H2,10,15). The number of nitro groups is 1. The van der Waals surface area contributed by atoms with E-state index >= 15 is 0 Å². The molecule has 1 amide bonds. The van der Waals surface area contributed by atoms with Gasteiger partial charge in [-0.05, 0) is 6.07 Å². The number of nitrogens with zero attached hydrogens (tertiary/aromatic N) is 4. The number of nitrogens with two attached hydrogens (primary N) is 1. The molecule has 2 heterocycles. The fraction of sp³-hybridized carbons (Fsp3) is 0. The molecule has 2 aromatic heterocycles. The molecule has 0 spiro atoms. The van der Waals surface area contributed by atoms with Crippen LogP contribution in [0.3, 0.4) is 0 Å². The van der Waals surface area contributed by atoms with E-state index in [-0.39, 0.29) is 17.1 Å². The Kier molecular flexibility index (Phi) is 2.53. The molecule has 0 saturated carbocycles. The average molecular weight is 233 g/mol. The van der Waals surface area contributed by atoms with Gasteiger partial charge < -0.3 is 5.73 Å². The van der Waals surface area contributed by atoms with Crippen LogP contribution in [0.25, 0.3) is 5.82 Å². The molecule has 0 aromatic carbocycles. The largest absolute Gasteiger partial charge is 0.365 e. The topological polar surface area (TPSA) is 117 Å². The number of hydrogen-bond acceptors (Lipinski definition) is 5. The lowest BCUT2D eigenvalue weighted by molar-refractivity contribution is -0.385. The van der Waals surface area contributed by atoms with E-state index in [2.05, 4.69) is 10.1 Å². The highest BCUT2D eigenvalue weighted by atomic mass is 16.6. The molecule has 0 saturated heterocycles. The average Bonchev–Trinajstić information content (AvgIpc) is 2.81. The third-order valence-corrected chi connectivity index (χ3v) is 2.05. The molecular formula is C9H7N5O3. The van der Waals surface area contributed by atoms with E-state index in [1.165, 1.54) is 10.9 Å². The normalized spacial score (nSPS) is 10.1. The maximum Gasteiger partial charge on any atom is 0.288 e. The SMILES string of the molecule is NC(=O)c1cc([N+](=O)[O-])cnc1-n1cccn1. The van der Waals surface area contributed by atoms with E-state index in [4.69, 9.17) is 5.73 Å². The minimum atomic E-state index is -0.799. The molecule has 2 N–H and O–H groups in total. The van der Waals surface area contributed by atoms with E-state index in [0.29, 0.717) is 0 Å². The molecule has 8 nitrogen and oxygen atoms in total. The van der Waals surface area contributed by atoms with Crippen LogP contribution in [-0.2, 0) is 0 Å². The summed E-state index contributed by atoms with van der Waals surface area (Å²) in [6.07, 6.45) is 4.10. The molecule has 86 valence electrons. The van der Waals surface area contributed by atoms with E-state index < -0.39 is 10.8 Å². The van der Waals surface area contributed by atoms with Crippen LogP contribution in [0.1, 0.15) is 10.4 Å². The van der Waals surface area contributed by atoms with Crippen LogP contribution < -0.4 is 5.73 Å². The minimum Gasteiger partial charge on any atom is -0.365 e. The van der Waals surface area contributed by atoms with Crippen molar-refractivity contribution < 1.29 is 9.72 Å². The second-order valence-corrected chi connectivity index (χ2v) is 3.14. The molecule has 0 radical (unpaired) electrons. The Balaban J connectivity index is 2.61. The highest BCUT2D eigenvalue weighted by Crippen LogP contribution is 2.17. The van der Waals surface area contributed by atoms with Gasteiger partial charge in [-0.25, -0.2) is 9.67 Å². The molecular weight excluding hydrogens is 226 g/mol. The smallest absolute Gasteiger partial charge is 0.288 e. The number of carbonyl (C=O) groups excluding carboxylic acids is 1. The van der Waals surface area contributed by atoms with Crippen molar-refractivity contribution in [3.63, 3.8) is 0 Å². The Bertz CT molecular complexity index is 578. The predicted molar refractivity (Wildman–Crippen MR) is 56.5 cm³/mol. The van der Waals surface area contributed by atoms with Gasteiger partial charge >= 0.3 is 0 Å². The van der Waals surface area contributed by atoms with Gasteiger partial charge in [0, 0.05) is 18.5 Å². The van der Waals surface area contributed by atoms with Gasteiger partial charge in [-0.15, -0.1) is 0 Å². The van der Waals surface area contributed by atoms with Gasteiger partial charge in [0.15, 0.2) is 5.82 Å². The van der Waals surface area contributed by atoms with Crippen LogP contribution in [0.2, 0.25) is 0 Å². The van der Waals surface area contributed by atoms with Gasteiger partial charge in [0.2, 0.25) is 0 Å². The third-order valence-electron chi connectivity index (χ3n) is 2.05. The Morgan fingerprint density at radius 1 is 1.53 bits per heavy atom. The lowest BCUT2D eigenvalue weighted by atomic mass is 10.2. The molecule has 17 heavy (non-hydrogen) atoms. The first-order valence-electron chi connectivity index (χ1n) is 4.54. The number of primary amides is 1. The molecule has 8 heteroatoms. The second-order valence-electron chi connectivity index (χ2n) is 3.14. The molecule has 0 aliphatic carbocycles. The van der Waals surface area contributed by atoms with Crippen molar-refractivity contribution in [1.82, 2.24) is 14.8 Å². The maximum absolute atomic E-state index is 11.2. The number of pyridine rings is 1. The summed E-state index contributed by atoms with van der Waals surface area (Å²) in [4.78, 5) is 24.9. The molecule has 0 atom stereocenters. The fourth-order valence-corrected chi connectivity index (χ4v) is 1.30. The summed E-state index contributed by atoms with van der Waals surface area (Å²) in [6, 6.07) is 2.71. The van der Waals surface area contributed by atoms with E-state index in [0.717, 1.165) is 12.3 Å². The highest BCUT2D eigenvalue weighted by Gasteiger charge is 2.17. The van der Waals surface area contributed by atoms with Crippen LogP contribution in [0.15, 0.2) is 30.7 Å². The molecule has 0 fully saturated rings. The zero-order valence-corrected chi connectivity index (χ0v) is 8.48. The summed E-state index contributed by atoms with van der Waals surface area (Å²) < 4.78 is 1.31. The van der Waals surface area contributed by atoms with Crippen molar-refractivity contribution >= 4 is 11.6 Å². The number of aromatic nitrogens is 3. The van der Waals surface area contributed by atoms with Crippen molar-refractivity contribution in [3.8, 4) is 5.82 Å². The second kappa shape index (κ2) is 4.00. The number of hydrogen-bond donors (Lipinski definition) is 1. The van der Waals surface area contributed by atoms with Gasteiger partial charge in [0.1, 0.15) is 6.20 Å². The maximum atomic E-state index is 11.2. The summed E-state index contributed by atoms with van der Waals surface area (Å²) >= 11 is 0. The zero-order chi connectivity index (χ0) is 12.4. The Labute approximate surface area is 94.8 Å². The van der Waals surface area contributed by atoms with Crippen LogP contribution >= 0.6 is 0 Å².